The molecule has 0 aliphatic rings. The number of likely N-dealkylation sites (N-methyl/N-ethyl adjacent to an activating group) is 1. The maximum Gasteiger partial charge on any atom is 0.250 e. The molecule has 0 fully saturated rings. The third-order valence-corrected chi connectivity index (χ3v) is 2.60. The maximum absolute atomic E-state index is 11.4. The number of rotatable bonds is 6. The van der Waals surface area contributed by atoms with Crippen LogP contribution < -0.4 is 16.4 Å². The summed E-state index contributed by atoms with van der Waals surface area (Å²) >= 11 is 0. The van der Waals surface area contributed by atoms with Gasteiger partial charge in [0.2, 0.25) is 0 Å². The van der Waals surface area contributed by atoms with Gasteiger partial charge in [0.1, 0.15) is 0 Å². The van der Waals surface area contributed by atoms with Crippen molar-refractivity contribution >= 4 is 17.3 Å². The van der Waals surface area contributed by atoms with E-state index >= 15 is 0 Å². The van der Waals surface area contributed by atoms with Gasteiger partial charge in [0, 0.05) is 20.2 Å². The second kappa shape index (κ2) is 6.10. The van der Waals surface area contributed by atoms with Crippen molar-refractivity contribution in [3.63, 3.8) is 0 Å². The second-order valence-electron chi connectivity index (χ2n) is 3.68. The van der Waals surface area contributed by atoms with Crippen LogP contribution in [0.2, 0.25) is 0 Å². The van der Waals surface area contributed by atoms with E-state index in [4.69, 9.17) is 16.2 Å². The quantitative estimate of drug-likeness (QED) is 0.718. The van der Waals surface area contributed by atoms with Crippen LogP contribution in [-0.2, 0) is 4.74 Å². The SMILES string of the molecule is CCN(CCOC)c1c(N)cccc1C(N)=O. The fraction of sp³-hybridized carbons (Fsp3) is 0.417. The molecule has 0 atom stereocenters. The van der Waals surface area contributed by atoms with Gasteiger partial charge in [-0.05, 0) is 19.1 Å². The zero-order chi connectivity index (χ0) is 12.8. The van der Waals surface area contributed by atoms with Crippen molar-refractivity contribution in [2.75, 3.05) is 37.4 Å². The summed E-state index contributed by atoms with van der Waals surface area (Å²) in [4.78, 5) is 13.4. The van der Waals surface area contributed by atoms with Crippen LogP contribution in [0, 0.1) is 0 Å². The van der Waals surface area contributed by atoms with Crippen molar-refractivity contribution in [1.82, 2.24) is 0 Å². The first-order valence-corrected chi connectivity index (χ1v) is 5.54. The molecule has 0 aromatic heterocycles. The number of carbonyl (C=O) groups is 1. The van der Waals surface area contributed by atoms with E-state index in [2.05, 4.69) is 0 Å². The van der Waals surface area contributed by atoms with Crippen LogP contribution in [0.1, 0.15) is 17.3 Å². The number of hydrogen-bond donors (Lipinski definition) is 2. The number of benzene rings is 1. The van der Waals surface area contributed by atoms with E-state index in [0.29, 0.717) is 30.1 Å². The molecule has 0 unspecified atom stereocenters. The van der Waals surface area contributed by atoms with Crippen molar-refractivity contribution in [2.24, 2.45) is 5.73 Å². The molecule has 5 heteroatoms. The first kappa shape index (κ1) is 13.3. The number of nitrogen functional groups attached to an aromatic ring is 1. The molecule has 5 nitrogen and oxygen atoms in total. The molecule has 0 heterocycles. The molecule has 1 rings (SSSR count). The van der Waals surface area contributed by atoms with Crippen LogP contribution in [0.4, 0.5) is 11.4 Å². The Morgan fingerprint density at radius 3 is 2.71 bits per heavy atom. The lowest BCUT2D eigenvalue weighted by atomic mass is 10.1. The van der Waals surface area contributed by atoms with Gasteiger partial charge in [-0.15, -0.1) is 0 Å². The van der Waals surface area contributed by atoms with E-state index in [-0.39, 0.29) is 0 Å². The minimum atomic E-state index is -0.469. The number of nitrogens with zero attached hydrogens (tertiary/aromatic N) is 1. The number of amides is 1. The summed E-state index contributed by atoms with van der Waals surface area (Å²) in [6.45, 7) is 3.96. The molecule has 0 aliphatic carbocycles. The highest BCUT2D eigenvalue weighted by molar-refractivity contribution is 6.01. The lowest BCUT2D eigenvalue weighted by Gasteiger charge is -2.26. The summed E-state index contributed by atoms with van der Waals surface area (Å²) in [6.07, 6.45) is 0. The average Bonchev–Trinajstić information content (AvgIpc) is 2.31. The van der Waals surface area contributed by atoms with Gasteiger partial charge in [-0.25, -0.2) is 0 Å². The fourth-order valence-electron chi connectivity index (χ4n) is 1.74. The summed E-state index contributed by atoms with van der Waals surface area (Å²) in [7, 11) is 1.64. The lowest BCUT2D eigenvalue weighted by molar-refractivity contribution is 0.100. The van der Waals surface area contributed by atoms with Crippen LogP contribution in [0.25, 0.3) is 0 Å². The van der Waals surface area contributed by atoms with E-state index < -0.39 is 5.91 Å². The van der Waals surface area contributed by atoms with E-state index in [1.54, 1.807) is 25.3 Å². The van der Waals surface area contributed by atoms with E-state index in [0.717, 1.165) is 6.54 Å². The Labute approximate surface area is 101 Å². The van der Waals surface area contributed by atoms with E-state index in [1.807, 2.05) is 11.8 Å². The van der Waals surface area contributed by atoms with Crippen LogP contribution in [-0.4, -0.2) is 32.7 Å². The van der Waals surface area contributed by atoms with Crippen LogP contribution >= 0.6 is 0 Å². The largest absolute Gasteiger partial charge is 0.397 e. The van der Waals surface area contributed by atoms with Gasteiger partial charge in [-0.3, -0.25) is 4.79 Å². The standard InChI is InChI=1S/C12H19N3O2/c1-3-15(7-8-17-2)11-9(12(14)16)5-4-6-10(11)13/h4-6H,3,7-8,13H2,1-2H3,(H2,14,16). The Kier molecular flexibility index (Phi) is 4.78. The highest BCUT2D eigenvalue weighted by Crippen LogP contribution is 2.27. The molecule has 1 aromatic carbocycles. The molecule has 94 valence electrons. The topological polar surface area (TPSA) is 81.6 Å². The van der Waals surface area contributed by atoms with E-state index in [9.17, 15) is 4.79 Å². The summed E-state index contributed by atoms with van der Waals surface area (Å²) in [5.41, 5.74) is 13.0. The number of methoxy groups -OCH3 is 1. The first-order valence-electron chi connectivity index (χ1n) is 5.54. The molecule has 1 amide bonds. The smallest absolute Gasteiger partial charge is 0.250 e. The van der Waals surface area contributed by atoms with Gasteiger partial charge in [-0.1, -0.05) is 6.07 Å². The van der Waals surface area contributed by atoms with Crippen LogP contribution in [0.5, 0.6) is 0 Å². The first-order chi connectivity index (χ1) is 8.11. The maximum atomic E-state index is 11.4. The molecule has 0 aliphatic heterocycles. The Morgan fingerprint density at radius 2 is 2.18 bits per heavy atom. The van der Waals surface area contributed by atoms with Gasteiger partial charge in [0.05, 0.1) is 23.5 Å². The third-order valence-electron chi connectivity index (χ3n) is 2.60. The number of primary amides is 1. The molecule has 17 heavy (non-hydrogen) atoms. The minimum absolute atomic E-state index is 0.447. The molecule has 0 saturated heterocycles. The summed E-state index contributed by atoms with van der Waals surface area (Å²) < 4.78 is 5.04. The highest BCUT2D eigenvalue weighted by atomic mass is 16.5. The lowest BCUT2D eigenvalue weighted by Crippen LogP contribution is -2.30. The zero-order valence-corrected chi connectivity index (χ0v) is 10.3. The Bertz CT molecular complexity index is 393. The number of carbonyl (C=O) groups excluding carboxylic acids is 1. The Morgan fingerprint density at radius 1 is 1.47 bits per heavy atom. The predicted molar refractivity (Wildman–Crippen MR) is 69.1 cm³/mol. The van der Waals surface area contributed by atoms with Gasteiger partial charge in [-0.2, -0.15) is 0 Å². The average molecular weight is 237 g/mol. The summed E-state index contributed by atoms with van der Waals surface area (Å²) in [6, 6.07) is 5.17. The van der Waals surface area contributed by atoms with Crippen LogP contribution in [0.15, 0.2) is 18.2 Å². The van der Waals surface area contributed by atoms with Crippen LogP contribution in [0.3, 0.4) is 0 Å². The molecule has 0 saturated carbocycles. The van der Waals surface area contributed by atoms with Gasteiger partial charge in [0.25, 0.3) is 5.91 Å². The number of nitrogens with two attached hydrogens (primary N) is 2. The Balaban J connectivity index is 3.11. The number of anilines is 2. The van der Waals surface area contributed by atoms with Crippen molar-refractivity contribution in [3.05, 3.63) is 23.8 Å². The molecule has 0 radical (unpaired) electrons. The van der Waals surface area contributed by atoms with Crippen molar-refractivity contribution in [3.8, 4) is 0 Å². The molecule has 4 N–H and O–H groups in total. The number of ether oxygens (including phenoxy) is 1. The summed E-state index contributed by atoms with van der Waals surface area (Å²) in [5, 5.41) is 0. The van der Waals surface area contributed by atoms with Crippen molar-refractivity contribution in [1.29, 1.82) is 0 Å². The normalized spacial score (nSPS) is 10.2. The second-order valence-corrected chi connectivity index (χ2v) is 3.68. The zero-order valence-electron chi connectivity index (χ0n) is 10.3. The molecular weight excluding hydrogens is 218 g/mol. The van der Waals surface area contributed by atoms with Gasteiger partial charge < -0.3 is 21.1 Å². The molecule has 0 bridgehead atoms. The van der Waals surface area contributed by atoms with E-state index in [1.165, 1.54) is 0 Å². The highest BCUT2D eigenvalue weighted by Gasteiger charge is 2.16. The van der Waals surface area contributed by atoms with Gasteiger partial charge in [0.15, 0.2) is 0 Å². The minimum Gasteiger partial charge on any atom is -0.397 e. The third kappa shape index (κ3) is 3.10. The van der Waals surface area contributed by atoms with Crippen molar-refractivity contribution < 1.29 is 9.53 Å². The fourth-order valence-corrected chi connectivity index (χ4v) is 1.74. The molecule has 1 aromatic rings. The number of para-hydroxylation sites is 1. The molecular formula is C12H19N3O2. The number of hydrogen-bond acceptors (Lipinski definition) is 4. The summed E-state index contributed by atoms with van der Waals surface area (Å²) in [5.74, 6) is -0.469. The van der Waals surface area contributed by atoms with Gasteiger partial charge >= 0.3 is 0 Å². The molecule has 0 spiro atoms. The predicted octanol–water partition coefficient (Wildman–Crippen LogP) is 0.840. The monoisotopic (exact) mass is 237 g/mol. The van der Waals surface area contributed by atoms with Crippen molar-refractivity contribution in [2.45, 2.75) is 6.92 Å². The Hall–Kier alpha value is -1.75.